The number of nitrogens with zero attached hydrogens (tertiary/aromatic N) is 2. The second-order valence-corrected chi connectivity index (χ2v) is 10.5. The van der Waals surface area contributed by atoms with Crippen LogP contribution >= 0.6 is 0 Å². The van der Waals surface area contributed by atoms with Crippen LogP contribution in [0.2, 0.25) is 0 Å². The molecule has 1 aliphatic carbocycles. The molecule has 6 heteroatoms. The molecule has 0 bridgehead atoms. The summed E-state index contributed by atoms with van der Waals surface area (Å²) in [6, 6.07) is 36.6. The molecule has 1 saturated carbocycles. The Morgan fingerprint density at radius 1 is 0.476 bits per heavy atom. The van der Waals surface area contributed by atoms with Crippen LogP contribution < -0.4 is 9.47 Å². The molecule has 0 saturated heterocycles. The highest BCUT2D eigenvalue weighted by Crippen LogP contribution is 2.66. The molecule has 0 unspecified atom stereocenters. The lowest BCUT2D eigenvalue weighted by atomic mass is 9.52. The van der Waals surface area contributed by atoms with Crippen molar-refractivity contribution in [1.29, 1.82) is 0 Å². The zero-order chi connectivity index (χ0) is 28.5. The van der Waals surface area contributed by atoms with Crippen LogP contribution in [0, 0.1) is 0 Å². The number of oxazole rings is 2. The smallest absolute Gasteiger partial charge is 0.199 e. The molecule has 6 nitrogen and oxygen atoms in total. The average molecular weight is 555 g/mol. The fraction of sp³-hybridized carbons (Fsp3) is 0.167. The molecule has 4 aromatic carbocycles. The fourth-order valence-corrected chi connectivity index (χ4v) is 6.20. The Kier molecular flexibility index (Phi) is 6.80. The van der Waals surface area contributed by atoms with Crippen LogP contribution in [0.25, 0.3) is 22.6 Å². The Bertz CT molecular complexity index is 1620. The lowest BCUT2D eigenvalue weighted by molar-refractivity contribution is 0.169. The molecular formula is C36H30N2O4. The Morgan fingerprint density at radius 2 is 0.857 bits per heavy atom. The first-order valence-corrected chi connectivity index (χ1v) is 14.0. The first-order chi connectivity index (χ1) is 20.7. The molecule has 6 aromatic rings. The van der Waals surface area contributed by atoms with Crippen molar-refractivity contribution >= 4 is 0 Å². The van der Waals surface area contributed by atoms with Crippen molar-refractivity contribution in [2.24, 2.45) is 0 Å². The monoisotopic (exact) mass is 554 g/mol. The van der Waals surface area contributed by atoms with Gasteiger partial charge >= 0.3 is 0 Å². The topological polar surface area (TPSA) is 70.5 Å². The summed E-state index contributed by atoms with van der Waals surface area (Å²) in [5.41, 5.74) is 4.28. The van der Waals surface area contributed by atoms with Crippen LogP contribution in [0.3, 0.4) is 0 Å². The van der Waals surface area contributed by atoms with Gasteiger partial charge in [-0.15, -0.1) is 0 Å². The largest absolute Gasteiger partial charge is 0.497 e. The van der Waals surface area contributed by atoms with E-state index in [1.165, 1.54) is 0 Å². The number of hydrogen-bond acceptors (Lipinski definition) is 6. The minimum absolute atomic E-state index is 0.00699. The molecule has 1 fully saturated rings. The van der Waals surface area contributed by atoms with Gasteiger partial charge in [0.15, 0.2) is 23.3 Å². The summed E-state index contributed by atoms with van der Waals surface area (Å²) in [5, 5.41) is 0. The number of ether oxygens (including phenoxy) is 2. The van der Waals surface area contributed by atoms with Gasteiger partial charge in [-0.05, 0) is 35.4 Å². The van der Waals surface area contributed by atoms with E-state index < -0.39 is 0 Å². The number of benzene rings is 4. The van der Waals surface area contributed by atoms with Crippen molar-refractivity contribution in [1.82, 2.24) is 9.97 Å². The van der Waals surface area contributed by atoms with Gasteiger partial charge in [-0.25, -0.2) is 9.97 Å². The molecule has 42 heavy (non-hydrogen) atoms. The first-order valence-electron chi connectivity index (χ1n) is 14.0. The van der Waals surface area contributed by atoms with Gasteiger partial charge in [0.1, 0.15) is 11.5 Å². The first kappa shape index (κ1) is 25.8. The quantitative estimate of drug-likeness (QED) is 0.188. The molecule has 0 spiro atoms. The highest BCUT2D eigenvalue weighted by Gasteiger charge is 2.57. The van der Waals surface area contributed by atoms with Crippen LogP contribution in [-0.2, 0) is 0 Å². The third kappa shape index (κ3) is 4.65. The third-order valence-corrected chi connectivity index (χ3v) is 8.28. The fourth-order valence-electron chi connectivity index (χ4n) is 6.20. The zero-order valence-corrected chi connectivity index (χ0v) is 23.4. The number of hydrogen-bond donors (Lipinski definition) is 0. The van der Waals surface area contributed by atoms with Gasteiger partial charge in [-0.3, -0.25) is 0 Å². The van der Waals surface area contributed by atoms with E-state index in [0.29, 0.717) is 11.8 Å². The van der Waals surface area contributed by atoms with Crippen molar-refractivity contribution < 1.29 is 18.3 Å². The molecule has 1 aliphatic rings. The second-order valence-electron chi connectivity index (χ2n) is 10.5. The van der Waals surface area contributed by atoms with E-state index in [1.54, 1.807) is 14.2 Å². The van der Waals surface area contributed by atoms with Crippen molar-refractivity contribution in [3.8, 4) is 34.1 Å². The third-order valence-electron chi connectivity index (χ3n) is 8.28. The van der Waals surface area contributed by atoms with Crippen molar-refractivity contribution in [2.45, 2.75) is 23.7 Å². The Labute approximate surface area is 244 Å². The standard InChI is InChI=1S/C36H30N2O4/c1-39-27-17-13-25(14-18-27)31-33(35-37-21-29(41-35)23-9-5-3-6-10-23)32(26-15-19-28(40-2)20-16-26)34(31)36-38-22-30(42-36)24-11-7-4-8-12-24/h3-22,31-34H,1-2H3. The number of methoxy groups -OCH3 is 2. The summed E-state index contributed by atoms with van der Waals surface area (Å²) in [7, 11) is 3.36. The van der Waals surface area contributed by atoms with E-state index in [2.05, 4.69) is 24.3 Å². The Hall–Kier alpha value is -5.10. The summed E-state index contributed by atoms with van der Waals surface area (Å²) in [6.45, 7) is 0. The van der Waals surface area contributed by atoms with Crippen molar-refractivity contribution in [3.63, 3.8) is 0 Å². The van der Waals surface area contributed by atoms with E-state index in [4.69, 9.17) is 28.3 Å². The Morgan fingerprint density at radius 3 is 1.21 bits per heavy atom. The normalized spacial score (nSPS) is 19.7. The molecule has 0 N–H and O–H groups in total. The van der Waals surface area contributed by atoms with Gasteiger partial charge in [0, 0.05) is 23.0 Å². The zero-order valence-electron chi connectivity index (χ0n) is 23.4. The SMILES string of the molecule is COc1ccc(C2C(c3ncc(-c4ccccc4)o3)C(c3ccc(OC)cc3)C2c2ncc(-c3ccccc3)o2)cc1. The van der Waals surface area contributed by atoms with Gasteiger partial charge in [-0.1, -0.05) is 84.9 Å². The number of rotatable bonds is 8. The van der Waals surface area contributed by atoms with Crippen LogP contribution in [0.1, 0.15) is 46.6 Å². The highest BCUT2D eigenvalue weighted by molar-refractivity contribution is 5.57. The van der Waals surface area contributed by atoms with Crippen LogP contribution in [-0.4, -0.2) is 24.2 Å². The van der Waals surface area contributed by atoms with E-state index in [9.17, 15) is 0 Å². The molecule has 0 aliphatic heterocycles. The van der Waals surface area contributed by atoms with E-state index in [1.807, 2.05) is 97.3 Å². The lowest BCUT2D eigenvalue weighted by Gasteiger charge is -2.49. The van der Waals surface area contributed by atoms with E-state index >= 15 is 0 Å². The molecule has 7 rings (SSSR count). The van der Waals surface area contributed by atoms with Crippen molar-refractivity contribution in [2.75, 3.05) is 14.2 Å². The van der Waals surface area contributed by atoms with E-state index in [-0.39, 0.29) is 23.7 Å². The lowest BCUT2D eigenvalue weighted by Crippen LogP contribution is -2.40. The van der Waals surface area contributed by atoms with E-state index in [0.717, 1.165) is 45.3 Å². The summed E-state index contributed by atoms with van der Waals surface area (Å²) < 4.78 is 24.0. The maximum absolute atomic E-state index is 6.51. The van der Waals surface area contributed by atoms with Gasteiger partial charge < -0.3 is 18.3 Å². The molecule has 0 amide bonds. The summed E-state index contributed by atoms with van der Waals surface area (Å²) >= 11 is 0. The maximum Gasteiger partial charge on any atom is 0.199 e. The molecular weight excluding hydrogens is 524 g/mol. The van der Waals surface area contributed by atoms with Crippen LogP contribution in [0.4, 0.5) is 0 Å². The minimum Gasteiger partial charge on any atom is -0.497 e. The summed E-state index contributed by atoms with van der Waals surface area (Å²) in [6.07, 6.45) is 3.65. The predicted octanol–water partition coefficient (Wildman–Crippen LogP) is 8.46. The highest BCUT2D eigenvalue weighted by atomic mass is 16.5. The predicted molar refractivity (Wildman–Crippen MR) is 161 cm³/mol. The van der Waals surface area contributed by atoms with Gasteiger partial charge in [-0.2, -0.15) is 0 Å². The molecule has 2 aromatic heterocycles. The number of aromatic nitrogens is 2. The average Bonchev–Trinajstić information content (AvgIpc) is 3.73. The second kappa shape index (κ2) is 11.1. The molecule has 208 valence electrons. The van der Waals surface area contributed by atoms with Crippen LogP contribution in [0.15, 0.2) is 130 Å². The molecule has 2 heterocycles. The summed E-state index contributed by atoms with van der Waals surface area (Å²) in [5.74, 6) is 4.41. The van der Waals surface area contributed by atoms with Gasteiger partial charge in [0.05, 0.1) is 38.4 Å². The summed E-state index contributed by atoms with van der Waals surface area (Å²) in [4.78, 5) is 9.69. The Balaban J connectivity index is 1.36. The minimum atomic E-state index is -0.0543. The maximum atomic E-state index is 6.51. The molecule has 0 radical (unpaired) electrons. The van der Waals surface area contributed by atoms with Crippen LogP contribution in [0.5, 0.6) is 11.5 Å². The van der Waals surface area contributed by atoms with Gasteiger partial charge in [0.2, 0.25) is 0 Å². The van der Waals surface area contributed by atoms with Gasteiger partial charge in [0.25, 0.3) is 0 Å². The van der Waals surface area contributed by atoms with Crippen molar-refractivity contribution in [3.05, 3.63) is 144 Å². The molecule has 0 atom stereocenters.